The summed E-state index contributed by atoms with van der Waals surface area (Å²) in [5.74, 6) is 0.548. The molecule has 2 aromatic heterocycles. The fourth-order valence-corrected chi connectivity index (χ4v) is 5.63. The van der Waals surface area contributed by atoms with Gasteiger partial charge in [0.2, 0.25) is 0 Å². The summed E-state index contributed by atoms with van der Waals surface area (Å²) in [5, 5.41) is 15.7. The quantitative estimate of drug-likeness (QED) is 0.182. The van der Waals surface area contributed by atoms with Crippen LogP contribution >= 0.6 is 12.2 Å². The number of non-ortho nitro benzene ring substituents is 1. The summed E-state index contributed by atoms with van der Waals surface area (Å²) in [4.78, 5) is 20.0. The van der Waals surface area contributed by atoms with Gasteiger partial charge in [0.1, 0.15) is 5.75 Å². The first-order chi connectivity index (χ1) is 18.7. The molecular weight excluding hydrogens is 512 g/mol. The van der Waals surface area contributed by atoms with E-state index in [9.17, 15) is 10.1 Å². The number of nitro groups is 1. The summed E-state index contributed by atoms with van der Waals surface area (Å²) in [5.41, 5.74) is 6.40. The van der Waals surface area contributed by atoms with Gasteiger partial charge in [-0.05, 0) is 80.2 Å². The second-order valence-electron chi connectivity index (χ2n) is 9.68. The third-order valence-corrected chi connectivity index (χ3v) is 7.46. The zero-order valence-corrected chi connectivity index (χ0v) is 23.3. The van der Waals surface area contributed by atoms with Crippen LogP contribution in [0, 0.1) is 24.0 Å². The molecule has 1 aliphatic heterocycles. The van der Waals surface area contributed by atoms with Gasteiger partial charge in [-0.3, -0.25) is 15.1 Å². The van der Waals surface area contributed by atoms with Crippen LogP contribution in [-0.2, 0) is 0 Å². The van der Waals surface area contributed by atoms with Crippen LogP contribution in [0.5, 0.6) is 5.75 Å². The van der Waals surface area contributed by atoms with Crippen molar-refractivity contribution in [2.75, 3.05) is 31.0 Å². The number of nitrogens with zero attached hydrogens (tertiary/aromatic N) is 5. The Hall–Kier alpha value is -4.44. The number of hydrogen-bond acceptors (Lipinski definition) is 6. The van der Waals surface area contributed by atoms with Gasteiger partial charge in [-0.1, -0.05) is 6.07 Å². The number of ether oxygens (including phenoxy) is 1. The molecule has 3 heterocycles. The number of thiocarbonyl (C=S) groups is 1. The largest absolute Gasteiger partial charge is 0.495 e. The molecule has 1 fully saturated rings. The molecular formula is C29H30N6O3S. The fraction of sp³-hybridized carbons (Fsp3) is 0.241. The zero-order chi connectivity index (χ0) is 27.8. The molecule has 0 aliphatic carbocycles. The van der Waals surface area contributed by atoms with Crippen molar-refractivity contribution in [3.8, 4) is 11.4 Å². The lowest BCUT2D eigenvalue weighted by Crippen LogP contribution is -2.29. The normalized spacial score (nSPS) is 16.7. The molecule has 1 saturated heterocycles. The van der Waals surface area contributed by atoms with E-state index in [4.69, 9.17) is 17.0 Å². The molecule has 2 aromatic carbocycles. The molecule has 9 nitrogen and oxygen atoms in total. The van der Waals surface area contributed by atoms with E-state index in [0.717, 1.165) is 34.0 Å². The number of methoxy groups -OCH3 is 1. The predicted octanol–water partition coefficient (Wildman–Crippen LogP) is 5.65. The van der Waals surface area contributed by atoms with Crippen LogP contribution in [0.2, 0.25) is 0 Å². The van der Waals surface area contributed by atoms with Crippen molar-refractivity contribution in [1.29, 1.82) is 0 Å². The van der Waals surface area contributed by atoms with E-state index in [2.05, 4.69) is 50.4 Å². The van der Waals surface area contributed by atoms with E-state index >= 15 is 0 Å². The second-order valence-corrected chi connectivity index (χ2v) is 10.1. The van der Waals surface area contributed by atoms with Gasteiger partial charge >= 0.3 is 0 Å². The summed E-state index contributed by atoms with van der Waals surface area (Å²) in [7, 11) is 5.58. The molecule has 10 heteroatoms. The highest BCUT2D eigenvalue weighted by Gasteiger charge is 2.42. The van der Waals surface area contributed by atoms with Gasteiger partial charge in [0.25, 0.3) is 5.69 Å². The van der Waals surface area contributed by atoms with Crippen molar-refractivity contribution in [2.24, 2.45) is 0 Å². The van der Waals surface area contributed by atoms with Crippen LogP contribution in [0.15, 0.2) is 72.9 Å². The lowest BCUT2D eigenvalue weighted by molar-refractivity contribution is -0.384. The lowest BCUT2D eigenvalue weighted by atomic mass is 9.96. The Balaban J connectivity index is 1.69. The Bertz CT molecular complexity index is 1530. The number of pyridine rings is 1. The van der Waals surface area contributed by atoms with Gasteiger partial charge in [-0.2, -0.15) is 0 Å². The van der Waals surface area contributed by atoms with E-state index in [0.29, 0.717) is 16.5 Å². The predicted molar refractivity (Wildman–Crippen MR) is 157 cm³/mol. The molecule has 0 radical (unpaired) electrons. The number of benzene rings is 2. The first kappa shape index (κ1) is 26.2. The molecule has 0 unspecified atom stereocenters. The van der Waals surface area contributed by atoms with Gasteiger partial charge in [-0.25, -0.2) is 0 Å². The van der Waals surface area contributed by atoms with Crippen LogP contribution in [0.3, 0.4) is 0 Å². The van der Waals surface area contributed by atoms with Crippen LogP contribution in [0.25, 0.3) is 5.69 Å². The third kappa shape index (κ3) is 4.67. The highest BCUT2D eigenvalue weighted by molar-refractivity contribution is 7.80. The van der Waals surface area contributed by atoms with Crippen molar-refractivity contribution in [2.45, 2.75) is 25.9 Å². The van der Waals surface area contributed by atoms with Crippen LogP contribution in [0.1, 0.15) is 34.7 Å². The van der Waals surface area contributed by atoms with Gasteiger partial charge in [0, 0.05) is 55.2 Å². The van der Waals surface area contributed by atoms with Gasteiger partial charge in [0.15, 0.2) is 5.11 Å². The number of aryl methyl sites for hydroxylation is 1. The highest BCUT2D eigenvalue weighted by Crippen LogP contribution is 2.44. The Morgan fingerprint density at radius 2 is 1.82 bits per heavy atom. The molecule has 0 bridgehead atoms. The summed E-state index contributed by atoms with van der Waals surface area (Å²) < 4.78 is 7.61. The SMILES string of the molecule is COc1ccc([N+](=O)[O-])cc1-n1c(C)cc([C@@H]2[C@H](c3ccccn3)NC(=S)N2c2ccc(N(C)C)cc2)c1C. The third-order valence-electron chi connectivity index (χ3n) is 7.15. The minimum Gasteiger partial charge on any atom is -0.495 e. The van der Waals surface area contributed by atoms with Crippen molar-refractivity contribution in [3.63, 3.8) is 0 Å². The van der Waals surface area contributed by atoms with Gasteiger partial charge in [0.05, 0.1) is 35.5 Å². The molecule has 1 N–H and O–H groups in total. The summed E-state index contributed by atoms with van der Waals surface area (Å²) in [6.45, 7) is 4.01. The maximum atomic E-state index is 11.6. The number of nitrogens with one attached hydrogen (secondary N) is 1. The highest BCUT2D eigenvalue weighted by atomic mass is 32.1. The fourth-order valence-electron chi connectivity index (χ4n) is 5.28. The van der Waals surface area contributed by atoms with E-state index in [1.807, 2.05) is 50.7 Å². The molecule has 39 heavy (non-hydrogen) atoms. The first-order valence-electron chi connectivity index (χ1n) is 12.5. The van der Waals surface area contributed by atoms with Crippen LogP contribution < -0.4 is 19.9 Å². The molecule has 0 saturated carbocycles. The first-order valence-corrected chi connectivity index (χ1v) is 12.9. The minimum absolute atomic E-state index is 0.00229. The maximum absolute atomic E-state index is 11.6. The van der Waals surface area contributed by atoms with E-state index in [1.165, 1.54) is 6.07 Å². The van der Waals surface area contributed by atoms with Gasteiger partial charge < -0.3 is 24.4 Å². The monoisotopic (exact) mass is 542 g/mol. The number of aromatic nitrogens is 2. The number of hydrogen-bond donors (Lipinski definition) is 1. The van der Waals surface area contributed by atoms with E-state index < -0.39 is 4.92 Å². The number of rotatable bonds is 7. The smallest absolute Gasteiger partial charge is 0.271 e. The summed E-state index contributed by atoms with van der Waals surface area (Å²) in [6, 6.07) is 20.4. The number of anilines is 2. The lowest BCUT2D eigenvalue weighted by Gasteiger charge is -2.28. The Morgan fingerprint density at radius 3 is 2.44 bits per heavy atom. The van der Waals surface area contributed by atoms with Crippen molar-refractivity contribution < 1.29 is 9.66 Å². The van der Waals surface area contributed by atoms with Gasteiger partial charge in [-0.15, -0.1) is 0 Å². The van der Waals surface area contributed by atoms with Crippen molar-refractivity contribution in [1.82, 2.24) is 14.9 Å². The molecule has 200 valence electrons. The van der Waals surface area contributed by atoms with Crippen LogP contribution in [0.4, 0.5) is 17.1 Å². The zero-order valence-electron chi connectivity index (χ0n) is 22.5. The molecule has 1 aliphatic rings. The number of nitro benzene ring substituents is 1. The standard InChI is InChI=1S/C29H30N6O3S/c1-18-16-23(19(2)33(18)25-17-22(35(36)37)13-14-26(25)38-5)28-27(24-8-6-7-15-30-24)31-29(39)34(28)21-11-9-20(10-12-21)32(3)4/h6-17,27-28H,1-5H3,(H,31,39)/t27-,28+/m0/s1. The molecule has 2 atom stereocenters. The molecule has 0 amide bonds. The average molecular weight is 543 g/mol. The summed E-state index contributed by atoms with van der Waals surface area (Å²) in [6.07, 6.45) is 1.78. The second kappa shape index (κ2) is 10.4. The molecule has 4 aromatic rings. The Morgan fingerprint density at radius 1 is 1.08 bits per heavy atom. The van der Waals surface area contributed by atoms with E-state index in [1.54, 1.807) is 25.4 Å². The Kier molecular flexibility index (Phi) is 6.96. The maximum Gasteiger partial charge on any atom is 0.271 e. The average Bonchev–Trinajstić information content (AvgIpc) is 3.43. The van der Waals surface area contributed by atoms with Crippen molar-refractivity contribution in [3.05, 3.63) is 106 Å². The minimum atomic E-state index is -0.395. The molecule has 0 spiro atoms. The molecule has 5 rings (SSSR count). The van der Waals surface area contributed by atoms with Crippen molar-refractivity contribution >= 4 is 34.4 Å². The topological polar surface area (TPSA) is 88.7 Å². The van der Waals surface area contributed by atoms with Crippen LogP contribution in [-0.4, -0.2) is 40.8 Å². The summed E-state index contributed by atoms with van der Waals surface area (Å²) >= 11 is 5.90. The van der Waals surface area contributed by atoms with E-state index in [-0.39, 0.29) is 17.8 Å². The Labute approximate surface area is 232 Å².